The van der Waals surface area contributed by atoms with Crippen LogP contribution >= 0.6 is 0 Å². The van der Waals surface area contributed by atoms with Gasteiger partial charge in [-0.05, 0) is 52.7 Å². The topological polar surface area (TPSA) is 76.1 Å². The summed E-state index contributed by atoms with van der Waals surface area (Å²) in [6, 6.07) is 26.4. The number of aliphatic hydroxyl groups is 1. The number of rotatable bonds is 5. The molecule has 1 amide bonds. The minimum Gasteiger partial charge on any atom is -0.507 e. The second kappa shape index (κ2) is 8.99. The van der Waals surface area contributed by atoms with E-state index in [4.69, 9.17) is 9.47 Å². The fourth-order valence-electron chi connectivity index (χ4n) is 4.61. The van der Waals surface area contributed by atoms with Gasteiger partial charge in [-0.25, -0.2) is 0 Å². The highest BCUT2D eigenvalue weighted by atomic mass is 16.5. The van der Waals surface area contributed by atoms with E-state index >= 15 is 0 Å². The Morgan fingerprint density at radius 1 is 0.800 bits per heavy atom. The molecule has 0 radical (unpaired) electrons. The Morgan fingerprint density at radius 3 is 2.23 bits per heavy atom. The Kier molecular flexibility index (Phi) is 5.71. The number of fused-ring (bicyclic) bond motifs is 1. The summed E-state index contributed by atoms with van der Waals surface area (Å²) in [6.45, 7) is 0. The Balaban J connectivity index is 1.80. The average Bonchev–Trinajstić information content (AvgIpc) is 3.17. The van der Waals surface area contributed by atoms with Gasteiger partial charge < -0.3 is 14.6 Å². The van der Waals surface area contributed by atoms with Gasteiger partial charge >= 0.3 is 0 Å². The number of ketones is 1. The highest BCUT2D eigenvalue weighted by molar-refractivity contribution is 6.52. The van der Waals surface area contributed by atoms with E-state index in [0.717, 1.165) is 16.3 Å². The summed E-state index contributed by atoms with van der Waals surface area (Å²) in [5, 5.41) is 13.3. The lowest BCUT2D eigenvalue weighted by Crippen LogP contribution is -2.29. The van der Waals surface area contributed by atoms with Gasteiger partial charge in [0.25, 0.3) is 11.7 Å². The van der Waals surface area contributed by atoms with Crippen LogP contribution in [0, 0.1) is 0 Å². The first-order valence-corrected chi connectivity index (χ1v) is 11.1. The highest BCUT2D eigenvalue weighted by Crippen LogP contribution is 2.45. The summed E-state index contributed by atoms with van der Waals surface area (Å²) in [5.41, 5.74) is 1.60. The van der Waals surface area contributed by atoms with Crippen LogP contribution in [0.2, 0.25) is 0 Å². The lowest BCUT2D eigenvalue weighted by Gasteiger charge is -2.26. The summed E-state index contributed by atoms with van der Waals surface area (Å²) >= 11 is 0. The molecule has 1 N–H and O–H groups in total. The van der Waals surface area contributed by atoms with Crippen molar-refractivity contribution in [3.63, 3.8) is 0 Å². The van der Waals surface area contributed by atoms with Crippen LogP contribution in [0.15, 0.2) is 96.6 Å². The third-order valence-electron chi connectivity index (χ3n) is 6.28. The van der Waals surface area contributed by atoms with Crippen molar-refractivity contribution in [2.24, 2.45) is 0 Å². The Morgan fingerprint density at radius 2 is 1.49 bits per heavy atom. The van der Waals surface area contributed by atoms with Crippen molar-refractivity contribution in [2.75, 3.05) is 19.1 Å². The van der Waals surface area contributed by atoms with E-state index in [2.05, 4.69) is 0 Å². The second-order valence-electron chi connectivity index (χ2n) is 8.14. The van der Waals surface area contributed by atoms with Crippen LogP contribution in [0.25, 0.3) is 16.5 Å². The molecule has 35 heavy (non-hydrogen) atoms. The van der Waals surface area contributed by atoms with Gasteiger partial charge in [-0.3, -0.25) is 14.5 Å². The van der Waals surface area contributed by atoms with Crippen LogP contribution < -0.4 is 14.4 Å². The number of methoxy groups -OCH3 is 2. The molecule has 0 saturated carbocycles. The zero-order valence-electron chi connectivity index (χ0n) is 19.3. The normalized spacial score (nSPS) is 17.1. The molecule has 0 aliphatic carbocycles. The molecule has 1 aliphatic rings. The number of benzene rings is 4. The van der Waals surface area contributed by atoms with Crippen molar-refractivity contribution in [3.05, 3.63) is 108 Å². The maximum atomic E-state index is 13.5. The molecule has 0 aromatic heterocycles. The summed E-state index contributed by atoms with van der Waals surface area (Å²) in [6.07, 6.45) is 0. The number of nitrogens with zero attached hydrogens (tertiary/aromatic N) is 1. The molecule has 1 unspecified atom stereocenters. The number of hydrogen-bond donors (Lipinski definition) is 1. The van der Waals surface area contributed by atoms with Crippen molar-refractivity contribution < 1.29 is 24.2 Å². The van der Waals surface area contributed by atoms with Gasteiger partial charge in [0.2, 0.25) is 0 Å². The van der Waals surface area contributed by atoms with Gasteiger partial charge in [0.15, 0.2) is 0 Å². The number of carbonyl (C=O) groups is 2. The molecular weight excluding hydrogens is 442 g/mol. The lowest BCUT2D eigenvalue weighted by molar-refractivity contribution is -0.132. The molecule has 6 heteroatoms. The number of aliphatic hydroxyl groups excluding tert-OH is 1. The molecular formula is C29H23NO5. The molecule has 1 saturated heterocycles. The van der Waals surface area contributed by atoms with Gasteiger partial charge in [-0.2, -0.15) is 0 Å². The highest BCUT2D eigenvalue weighted by Gasteiger charge is 2.47. The van der Waals surface area contributed by atoms with E-state index < -0.39 is 17.7 Å². The van der Waals surface area contributed by atoms with Crippen LogP contribution in [0.3, 0.4) is 0 Å². The molecule has 0 bridgehead atoms. The number of para-hydroxylation sites is 1. The van der Waals surface area contributed by atoms with E-state index in [0.29, 0.717) is 22.7 Å². The summed E-state index contributed by atoms with van der Waals surface area (Å²) in [7, 11) is 3.05. The fraction of sp³-hybridized carbons (Fsp3) is 0.103. The smallest absolute Gasteiger partial charge is 0.300 e. The predicted octanol–water partition coefficient (Wildman–Crippen LogP) is 5.48. The van der Waals surface area contributed by atoms with Crippen molar-refractivity contribution in [2.45, 2.75) is 6.04 Å². The molecule has 4 aromatic carbocycles. The maximum Gasteiger partial charge on any atom is 0.300 e. The SMILES string of the molecule is COc1ccc(N2C(=O)C(=O)/C(=C(/O)c3ccccc3OC)C2c2cccc3ccccc23)cc1. The van der Waals surface area contributed by atoms with E-state index in [1.807, 2.05) is 42.5 Å². The van der Waals surface area contributed by atoms with E-state index in [9.17, 15) is 14.7 Å². The van der Waals surface area contributed by atoms with Crippen LogP contribution in [-0.4, -0.2) is 31.0 Å². The molecule has 174 valence electrons. The van der Waals surface area contributed by atoms with Crippen LogP contribution in [0.5, 0.6) is 11.5 Å². The lowest BCUT2D eigenvalue weighted by atomic mass is 9.91. The third kappa shape index (κ3) is 3.69. The summed E-state index contributed by atoms with van der Waals surface area (Å²) in [5.74, 6) is -0.736. The van der Waals surface area contributed by atoms with Gasteiger partial charge in [-0.1, -0.05) is 54.6 Å². The van der Waals surface area contributed by atoms with Crippen LogP contribution in [-0.2, 0) is 9.59 Å². The van der Waals surface area contributed by atoms with E-state index in [1.165, 1.54) is 12.0 Å². The number of Topliss-reactive ketones (excluding diaryl/α,β-unsaturated/α-hetero) is 1. The summed E-state index contributed by atoms with van der Waals surface area (Å²) in [4.78, 5) is 28.4. The average molecular weight is 466 g/mol. The molecule has 1 atom stereocenters. The fourth-order valence-corrected chi connectivity index (χ4v) is 4.61. The predicted molar refractivity (Wildman–Crippen MR) is 135 cm³/mol. The van der Waals surface area contributed by atoms with Gasteiger partial charge in [0.05, 0.1) is 31.4 Å². The quantitative estimate of drug-likeness (QED) is 0.240. The number of amides is 1. The molecule has 5 rings (SSSR count). The molecule has 0 spiro atoms. The minimum atomic E-state index is -0.848. The molecule has 6 nitrogen and oxygen atoms in total. The first kappa shape index (κ1) is 22.2. The van der Waals surface area contributed by atoms with E-state index in [-0.39, 0.29) is 11.3 Å². The number of anilines is 1. The standard InChI is InChI=1S/C29H23NO5/c1-34-20-16-14-19(15-17-20)30-26(22-12-7-9-18-8-3-4-10-21(18)22)25(28(32)29(30)33)27(31)23-11-5-6-13-24(23)35-2/h3-17,26,31H,1-2H3/b27-25+. The monoisotopic (exact) mass is 465 g/mol. The number of hydrogen-bond acceptors (Lipinski definition) is 5. The molecule has 1 aliphatic heterocycles. The zero-order chi connectivity index (χ0) is 24.5. The minimum absolute atomic E-state index is 0.00618. The molecule has 4 aromatic rings. The zero-order valence-corrected chi connectivity index (χ0v) is 19.3. The van der Waals surface area contributed by atoms with Crippen LogP contribution in [0.1, 0.15) is 17.2 Å². The molecule has 1 fully saturated rings. The van der Waals surface area contributed by atoms with Gasteiger partial charge in [0, 0.05) is 5.69 Å². The van der Waals surface area contributed by atoms with Gasteiger partial charge in [0.1, 0.15) is 17.3 Å². The Bertz CT molecular complexity index is 1470. The first-order valence-electron chi connectivity index (χ1n) is 11.1. The van der Waals surface area contributed by atoms with Crippen molar-refractivity contribution in [1.29, 1.82) is 0 Å². The number of carbonyl (C=O) groups excluding carboxylic acids is 2. The Labute approximate surface area is 202 Å². The first-order chi connectivity index (χ1) is 17.0. The largest absolute Gasteiger partial charge is 0.507 e. The Hall–Kier alpha value is -4.58. The second-order valence-corrected chi connectivity index (χ2v) is 8.14. The van der Waals surface area contributed by atoms with E-state index in [1.54, 1.807) is 55.6 Å². The van der Waals surface area contributed by atoms with Crippen molar-refractivity contribution in [1.82, 2.24) is 0 Å². The third-order valence-corrected chi connectivity index (χ3v) is 6.28. The van der Waals surface area contributed by atoms with Crippen LogP contribution in [0.4, 0.5) is 5.69 Å². The van der Waals surface area contributed by atoms with Gasteiger partial charge in [-0.15, -0.1) is 0 Å². The summed E-state index contributed by atoms with van der Waals surface area (Å²) < 4.78 is 10.7. The maximum absolute atomic E-state index is 13.5. The van der Waals surface area contributed by atoms with Crippen molar-refractivity contribution in [3.8, 4) is 11.5 Å². The number of ether oxygens (including phenoxy) is 2. The van der Waals surface area contributed by atoms with Crippen molar-refractivity contribution >= 4 is 33.9 Å². The molecule has 1 heterocycles.